The van der Waals surface area contributed by atoms with Gasteiger partial charge in [0.25, 0.3) is 5.91 Å². The molecule has 3 rings (SSSR count). The second-order valence-electron chi connectivity index (χ2n) is 5.02. The number of anilines is 2. The lowest BCUT2D eigenvalue weighted by Crippen LogP contribution is -2.15. The normalized spacial score (nSPS) is 10.5. The predicted octanol–water partition coefficient (Wildman–Crippen LogP) is 3.98. The van der Waals surface area contributed by atoms with Crippen molar-refractivity contribution in [3.8, 4) is 0 Å². The molecular weight excluding hydrogens is 260 g/mol. The fourth-order valence-corrected chi connectivity index (χ4v) is 2.52. The highest BCUT2D eigenvalue weighted by Crippen LogP contribution is 2.25. The van der Waals surface area contributed by atoms with E-state index < -0.39 is 0 Å². The molecule has 3 aromatic rings. The van der Waals surface area contributed by atoms with Crippen molar-refractivity contribution >= 4 is 28.1 Å². The van der Waals surface area contributed by atoms with E-state index in [4.69, 9.17) is 5.73 Å². The van der Waals surface area contributed by atoms with Crippen molar-refractivity contribution in [3.05, 3.63) is 71.8 Å². The number of fused-ring (bicyclic) bond motifs is 1. The molecule has 0 unspecified atom stereocenters. The summed E-state index contributed by atoms with van der Waals surface area (Å²) < 4.78 is 0. The minimum atomic E-state index is -0.179. The molecule has 0 aromatic heterocycles. The Morgan fingerprint density at radius 2 is 1.67 bits per heavy atom. The molecule has 3 N–H and O–H groups in total. The first-order valence-corrected chi connectivity index (χ1v) is 6.81. The number of nitrogens with two attached hydrogens (primary N) is 1. The number of aryl methyl sites for hydroxylation is 1. The summed E-state index contributed by atoms with van der Waals surface area (Å²) >= 11 is 0. The third kappa shape index (κ3) is 2.46. The first-order chi connectivity index (χ1) is 10.2. The minimum Gasteiger partial charge on any atom is -0.398 e. The summed E-state index contributed by atoms with van der Waals surface area (Å²) in [4.78, 5) is 12.5. The second kappa shape index (κ2) is 5.29. The van der Waals surface area contributed by atoms with E-state index in [0.717, 1.165) is 22.0 Å². The monoisotopic (exact) mass is 276 g/mol. The average molecular weight is 276 g/mol. The molecule has 0 fully saturated rings. The molecule has 3 aromatic carbocycles. The van der Waals surface area contributed by atoms with E-state index in [0.29, 0.717) is 11.3 Å². The molecule has 0 bridgehead atoms. The van der Waals surface area contributed by atoms with Crippen molar-refractivity contribution < 1.29 is 4.79 Å². The molecule has 3 heteroatoms. The Hall–Kier alpha value is -2.81. The van der Waals surface area contributed by atoms with Gasteiger partial charge in [0.2, 0.25) is 0 Å². The molecule has 0 heterocycles. The van der Waals surface area contributed by atoms with Crippen LogP contribution in [0.25, 0.3) is 10.8 Å². The maximum atomic E-state index is 12.5. The Morgan fingerprint density at radius 3 is 2.48 bits per heavy atom. The zero-order valence-electron chi connectivity index (χ0n) is 11.8. The van der Waals surface area contributed by atoms with Crippen molar-refractivity contribution in [2.75, 3.05) is 11.1 Å². The zero-order chi connectivity index (χ0) is 14.8. The third-order valence-corrected chi connectivity index (χ3v) is 3.57. The van der Waals surface area contributed by atoms with Gasteiger partial charge in [-0.15, -0.1) is 0 Å². The Labute approximate surface area is 123 Å². The number of nitrogen functional groups attached to an aromatic ring is 1. The lowest BCUT2D eigenvalue weighted by Gasteiger charge is -2.12. The highest BCUT2D eigenvalue weighted by molar-refractivity contribution is 6.12. The van der Waals surface area contributed by atoms with Crippen molar-refractivity contribution in [3.63, 3.8) is 0 Å². The van der Waals surface area contributed by atoms with Crippen LogP contribution in [0.3, 0.4) is 0 Å². The molecule has 104 valence electrons. The number of carbonyl (C=O) groups is 1. The maximum Gasteiger partial charge on any atom is 0.258 e. The Balaban J connectivity index is 2.01. The highest BCUT2D eigenvalue weighted by Gasteiger charge is 2.13. The van der Waals surface area contributed by atoms with E-state index >= 15 is 0 Å². The molecule has 3 nitrogen and oxygen atoms in total. The summed E-state index contributed by atoms with van der Waals surface area (Å²) in [5.74, 6) is -0.179. The van der Waals surface area contributed by atoms with Gasteiger partial charge in [-0.25, -0.2) is 0 Å². The van der Waals surface area contributed by atoms with Gasteiger partial charge in [0.15, 0.2) is 0 Å². The Morgan fingerprint density at radius 1 is 0.952 bits per heavy atom. The van der Waals surface area contributed by atoms with Crippen molar-refractivity contribution in [1.29, 1.82) is 0 Å². The molecule has 0 aliphatic carbocycles. The SMILES string of the molecule is Cc1cccc(N)c1C(=O)Nc1cccc2ccccc12. The van der Waals surface area contributed by atoms with Crippen LogP contribution in [0.4, 0.5) is 11.4 Å². The summed E-state index contributed by atoms with van der Waals surface area (Å²) in [5.41, 5.74) is 8.61. The molecule has 0 spiro atoms. The zero-order valence-corrected chi connectivity index (χ0v) is 11.8. The molecule has 21 heavy (non-hydrogen) atoms. The Bertz CT molecular complexity index is 799. The van der Waals surface area contributed by atoms with Crippen LogP contribution < -0.4 is 11.1 Å². The molecule has 0 atom stereocenters. The van der Waals surface area contributed by atoms with Gasteiger partial charge in [0, 0.05) is 16.8 Å². The van der Waals surface area contributed by atoms with Gasteiger partial charge in [-0.3, -0.25) is 4.79 Å². The number of rotatable bonds is 2. The van der Waals surface area contributed by atoms with E-state index in [-0.39, 0.29) is 5.91 Å². The quantitative estimate of drug-likeness (QED) is 0.695. The van der Waals surface area contributed by atoms with E-state index in [1.54, 1.807) is 6.07 Å². The number of hydrogen-bond acceptors (Lipinski definition) is 2. The van der Waals surface area contributed by atoms with Crippen molar-refractivity contribution in [1.82, 2.24) is 0 Å². The molecule has 0 saturated heterocycles. The van der Waals surface area contributed by atoms with Crippen LogP contribution >= 0.6 is 0 Å². The molecular formula is C18H16N2O. The van der Waals surface area contributed by atoms with Crippen molar-refractivity contribution in [2.45, 2.75) is 6.92 Å². The molecule has 0 aliphatic rings. The summed E-state index contributed by atoms with van der Waals surface area (Å²) in [7, 11) is 0. The molecule has 1 amide bonds. The second-order valence-corrected chi connectivity index (χ2v) is 5.02. The largest absolute Gasteiger partial charge is 0.398 e. The third-order valence-electron chi connectivity index (χ3n) is 3.57. The van der Waals surface area contributed by atoms with Crippen LogP contribution in [-0.4, -0.2) is 5.91 Å². The Kier molecular flexibility index (Phi) is 3.32. The highest BCUT2D eigenvalue weighted by atomic mass is 16.1. The number of benzene rings is 3. The summed E-state index contributed by atoms with van der Waals surface area (Å²) in [6.07, 6.45) is 0. The smallest absolute Gasteiger partial charge is 0.258 e. The average Bonchev–Trinajstić information content (AvgIpc) is 2.47. The summed E-state index contributed by atoms with van der Waals surface area (Å²) in [6, 6.07) is 19.3. The lowest BCUT2D eigenvalue weighted by molar-refractivity contribution is 0.102. The standard InChI is InChI=1S/C18H16N2O/c1-12-6-4-10-15(19)17(12)18(21)20-16-11-5-8-13-7-2-3-9-14(13)16/h2-11H,19H2,1H3,(H,20,21). The predicted molar refractivity (Wildman–Crippen MR) is 87.5 cm³/mol. The first kappa shape index (κ1) is 13.2. The van der Waals surface area contributed by atoms with Gasteiger partial charge in [-0.1, -0.05) is 48.5 Å². The first-order valence-electron chi connectivity index (χ1n) is 6.81. The van der Waals surface area contributed by atoms with Gasteiger partial charge < -0.3 is 11.1 Å². The van der Waals surface area contributed by atoms with Gasteiger partial charge in [0.1, 0.15) is 0 Å². The molecule has 0 aliphatic heterocycles. The van der Waals surface area contributed by atoms with Crippen LogP contribution in [0, 0.1) is 6.92 Å². The number of nitrogens with one attached hydrogen (secondary N) is 1. The van der Waals surface area contributed by atoms with Gasteiger partial charge >= 0.3 is 0 Å². The van der Waals surface area contributed by atoms with Crippen LogP contribution in [-0.2, 0) is 0 Å². The van der Waals surface area contributed by atoms with E-state index in [9.17, 15) is 4.79 Å². The van der Waals surface area contributed by atoms with Crippen LogP contribution in [0.5, 0.6) is 0 Å². The molecule has 0 radical (unpaired) electrons. The van der Waals surface area contributed by atoms with Gasteiger partial charge in [0.05, 0.1) is 5.56 Å². The van der Waals surface area contributed by atoms with Crippen molar-refractivity contribution in [2.24, 2.45) is 0 Å². The van der Waals surface area contributed by atoms with E-state index in [1.165, 1.54) is 0 Å². The van der Waals surface area contributed by atoms with Crippen LogP contribution in [0.1, 0.15) is 15.9 Å². The fourth-order valence-electron chi connectivity index (χ4n) is 2.52. The lowest BCUT2D eigenvalue weighted by atomic mass is 10.0. The van der Waals surface area contributed by atoms with E-state index in [2.05, 4.69) is 5.32 Å². The number of carbonyl (C=O) groups excluding carboxylic acids is 1. The van der Waals surface area contributed by atoms with Gasteiger partial charge in [-0.2, -0.15) is 0 Å². The molecule has 0 saturated carbocycles. The van der Waals surface area contributed by atoms with E-state index in [1.807, 2.05) is 61.5 Å². The van der Waals surface area contributed by atoms with Crippen LogP contribution in [0.2, 0.25) is 0 Å². The van der Waals surface area contributed by atoms with Crippen LogP contribution in [0.15, 0.2) is 60.7 Å². The minimum absolute atomic E-state index is 0.179. The summed E-state index contributed by atoms with van der Waals surface area (Å²) in [5, 5.41) is 5.07. The fraction of sp³-hybridized carbons (Fsp3) is 0.0556. The summed E-state index contributed by atoms with van der Waals surface area (Å²) in [6.45, 7) is 1.88. The topological polar surface area (TPSA) is 55.1 Å². The maximum absolute atomic E-state index is 12.5. The van der Waals surface area contributed by atoms with Gasteiger partial charge in [-0.05, 0) is 30.0 Å². The number of amides is 1. The number of hydrogen-bond donors (Lipinski definition) is 2.